The van der Waals surface area contributed by atoms with Gasteiger partial charge in [0.25, 0.3) is 0 Å². The van der Waals surface area contributed by atoms with Gasteiger partial charge in [-0.05, 0) is 51.3 Å². The van der Waals surface area contributed by atoms with Gasteiger partial charge in [0.2, 0.25) is 0 Å². The van der Waals surface area contributed by atoms with Crippen molar-refractivity contribution in [2.24, 2.45) is 0 Å². The van der Waals surface area contributed by atoms with Crippen molar-refractivity contribution < 1.29 is 0 Å². The van der Waals surface area contributed by atoms with Gasteiger partial charge in [0.15, 0.2) is 0 Å². The van der Waals surface area contributed by atoms with Gasteiger partial charge in [0, 0.05) is 35.3 Å². The maximum absolute atomic E-state index is 3.61. The van der Waals surface area contributed by atoms with Crippen molar-refractivity contribution in [2.45, 2.75) is 59.5 Å². The summed E-state index contributed by atoms with van der Waals surface area (Å²) in [4.78, 5) is 2.50. The predicted molar refractivity (Wildman–Crippen MR) is 93.5 cm³/mol. The molecule has 2 nitrogen and oxygen atoms in total. The molecule has 1 aromatic rings. The third-order valence-electron chi connectivity index (χ3n) is 3.18. The van der Waals surface area contributed by atoms with Gasteiger partial charge in [-0.3, -0.25) is 0 Å². The second-order valence-corrected chi connectivity index (χ2v) is 7.28. The van der Waals surface area contributed by atoms with Crippen LogP contribution in [0.25, 0.3) is 0 Å². The number of hydrogen-bond donors (Lipinski definition) is 1. The van der Waals surface area contributed by atoms with E-state index in [0.29, 0.717) is 0 Å². The molecule has 1 rings (SSSR count). The number of nitrogens with one attached hydrogen (secondary N) is 1. The fourth-order valence-corrected chi connectivity index (χ4v) is 2.58. The molecule has 0 heterocycles. The van der Waals surface area contributed by atoms with Crippen LogP contribution >= 0.6 is 15.9 Å². The molecular formula is C17H29BrN2. The maximum Gasteiger partial charge on any atom is 0.0423 e. The zero-order valence-electron chi connectivity index (χ0n) is 13.6. The molecule has 0 spiro atoms. The molecule has 0 aliphatic heterocycles. The lowest BCUT2D eigenvalue weighted by Gasteiger charge is -2.28. The molecule has 1 N–H and O–H groups in total. The summed E-state index contributed by atoms with van der Waals surface area (Å²) in [6, 6.07) is 6.63. The molecule has 3 heteroatoms. The molecule has 0 fully saturated rings. The molecular weight excluding hydrogens is 312 g/mol. The van der Waals surface area contributed by atoms with Crippen LogP contribution < -0.4 is 10.2 Å². The second kappa shape index (κ2) is 8.04. The van der Waals surface area contributed by atoms with E-state index >= 15 is 0 Å². The molecule has 0 aliphatic carbocycles. The average Bonchev–Trinajstić information content (AvgIpc) is 2.36. The van der Waals surface area contributed by atoms with E-state index in [1.807, 2.05) is 0 Å². The average molecular weight is 341 g/mol. The van der Waals surface area contributed by atoms with Crippen LogP contribution in [0.2, 0.25) is 0 Å². The van der Waals surface area contributed by atoms with E-state index < -0.39 is 0 Å². The van der Waals surface area contributed by atoms with Crippen LogP contribution in [-0.4, -0.2) is 18.6 Å². The fourth-order valence-electron chi connectivity index (χ4n) is 2.23. The lowest BCUT2D eigenvalue weighted by molar-refractivity contribution is 0.424. The molecule has 0 unspecified atom stereocenters. The minimum Gasteiger partial charge on any atom is -0.371 e. The zero-order valence-corrected chi connectivity index (χ0v) is 15.2. The standard InChI is InChI=1S/C17H29BrN2/c1-6-10-20(11-7-2)16-12-15(18)9-8-14(16)13-19-17(3,4)5/h8-9,12,19H,6-7,10-11,13H2,1-5H3. The molecule has 0 amide bonds. The Kier molecular flexibility index (Phi) is 7.04. The van der Waals surface area contributed by atoms with Gasteiger partial charge < -0.3 is 10.2 Å². The maximum atomic E-state index is 3.61. The fraction of sp³-hybridized carbons (Fsp3) is 0.647. The first kappa shape index (κ1) is 17.5. The Morgan fingerprint density at radius 1 is 1.10 bits per heavy atom. The Morgan fingerprint density at radius 3 is 2.20 bits per heavy atom. The van der Waals surface area contributed by atoms with Crippen molar-refractivity contribution in [1.29, 1.82) is 0 Å². The molecule has 0 aromatic heterocycles. The smallest absolute Gasteiger partial charge is 0.0423 e. The molecule has 0 radical (unpaired) electrons. The van der Waals surface area contributed by atoms with Crippen LogP contribution in [0.3, 0.4) is 0 Å². The zero-order chi connectivity index (χ0) is 15.2. The van der Waals surface area contributed by atoms with Crippen molar-refractivity contribution in [3.63, 3.8) is 0 Å². The van der Waals surface area contributed by atoms with Gasteiger partial charge in [0.05, 0.1) is 0 Å². The molecule has 0 saturated carbocycles. The van der Waals surface area contributed by atoms with E-state index in [1.165, 1.54) is 24.1 Å². The van der Waals surface area contributed by atoms with E-state index in [0.717, 1.165) is 24.1 Å². The van der Waals surface area contributed by atoms with E-state index in [2.05, 4.69) is 79.0 Å². The van der Waals surface area contributed by atoms with E-state index in [-0.39, 0.29) is 5.54 Å². The highest BCUT2D eigenvalue weighted by Gasteiger charge is 2.14. The first-order chi connectivity index (χ1) is 9.37. The number of rotatable bonds is 7. The Balaban J connectivity index is 2.98. The second-order valence-electron chi connectivity index (χ2n) is 6.36. The summed E-state index contributed by atoms with van der Waals surface area (Å²) in [5.74, 6) is 0. The highest BCUT2D eigenvalue weighted by molar-refractivity contribution is 9.10. The lowest BCUT2D eigenvalue weighted by Crippen LogP contribution is -2.36. The summed E-state index contributed by atoms with van der Waals surface area (Å²) in [5, 5.41) is 3.60. The summed E-state index contributed by atoms with van der Waals surface area (Å²) in [7, 11) is 0. The van der Waals surface area contributed by atoms with Gasteiger partial charge in [-0.15, -0.1) is 0 Å². The summed E-state index contributed by atoms with van der Waals surface area (Å²) >= 11 is 3.61. The molecule has 0 saturated heterocycles. The number of nitrogens with zero attached hydrogens (tertiary/aromatic N) is 1. The van der Waals surface area contributed by atoms with Crippen LogP contribution in [0.1, 0.15) is 53.0 Å². The van der Waals surface area contributed by atoms with E-state index in [9.17, 15) is 0 Å². The minimum atomic E-state index is 0.144. The highest BCUT2D eigenvalue weighted by atomic mass is 79.9. The number of anilines is 1. The SMILES string of the molecule is CCCN(CCC)c1cc(Br)ccc1CNC(C)(C)C. The van der Waals surface area contributed by atoms with Gasteiger partial charge >= 0.3 is 0 Å². The number of benzene rings is 1. The van der Waals surface area contributed by atoms with Gasteiger partial charge in [-0.2, -0.15) is 0 Å². The molecule has 114 valence electrons. The lowest BCUT2D eigenvalue weighted by atomic mass is 10.1. The third kappa shape index (κ3) is 5.84. The van der Waals surface area contributed by atoms with Gasteiger partial charge in [-0.1, -0.05) is 35.8 Å². The van der Waals surface area contributed by atoms with Crippen LogP contribution in [0, 0.1) is 0 Å². The molecule has 20 heavy (non-hydrogen) atoms. The van der Waals surface area contributed by atoms with Crippen LogP contribution in [0.15, 0.2) is 22.7 Å². The molecule has 0 aliphatic rings. The Hall–Kier alpha value is -0.540. The predicted octanol–water partition coefficient (Wildman–Crippen LogP) is 4.96. The molecule has 0 bridgehead atoms. The van der Waals surface area contributed by atoms with Crippen molar-refractivity contribution in [2.75, 3.05) is 18.0 Å². The van der Waals surface area contributed by atoms with Gasteiger partial charge in [-0.25, -0.2) is 0 Å². The molecule has 1 aromatic carbocycles. The van der Waals surface area contributed by atoms with Crippen molar-refractivity contribution in [3.8, 4) is 0 Å². The number of hydrogen-bond acceptors (Lipinski definition) is 2. The van der Waals surface area contributed by atoms with E-state index in [4.69, 9.17) is 0 Å². The first-order valence-corrected chi connectivity index (χ1v) is 8.45. The van der Waals surface area contributed by atoms with E-state index in [1.54, 1.807) is 0 Å². The van der Waals surface area contributed by atoms with Crippen molar-refractivity contribution >= 4 is 21.6 Å². The summed E-state index contributed by atoms with van der Waals surface area (Å²) in [6.07, 6.45) is 2.36. The Bertz CT molecular complexity index is 404. The van der Waals surface area contributed by atoms with Crippen LogP contribution in [0.5, 0.6) is 0 Å². The Labute approximate surface area is 133 Å². The summed E-state index contributed by atoms with van der Waals surface area (Å²) in [6.45, 7) is 14.3. The normalized spacial score (nSPS) is 11.7. The topological polar surface area (TPSA) is 15.3 Å². The van der Waals surface area contributed by atoms with Gasteiger partial charge in [0.1, 0.15) is 0 Å². The van der Waals surface area contributed by atoms with Crippen LogP contribution in [-0.2, 0) is 6.54 Å². The summed E-state index contributed by atoms with van der Waals surface area (Å²) < 4.78 is 1.16. The van der Waals surface area contributed by atoms with Crippen molar-refractivity contribution in [1.82, 2.24) is 5.32 Å². The first-order valence-electron chi connectivity index (χ1n) is 7.65. The van der Waals surface area contributed by atoms with Crippen LogP contribution in [0.4, 0.5) is 5.69 Å². The molecule has 0 atom stereocenters. The largest absolute Gasteiger partial charge is 0.371 e. The number of halogens is 1. The highest BCUT2D eigenvalue weighted by Crippen LogP contribution is 2.26. The third-order valence-corrected chi connectivity index (χ3v) is 3.68. The Morgan fingerprint density at radius 2 is 1.70 bits per heavy atom. The minimum absolute atomic E-state index is 0.144. The summed E-state index contributed by atoms with van der Waals surface area (Å²) in [5.41, 5.74) is 2.88. The monoisotopic (exact) mass is 340 g/mol. The quantitative estimate of drug-likeness (QED) is 0.754. The van der Waals surface area contributed by atoms with Crippen molar-refractivity contribution in [3.05, 3.63) is 28.2 Å².